The van der Waals surface area contributed by atoms with Crippen LogP contribution in [0.5, 0.6) is 0 Å². The zero-order valence-electron chi connectivity index (χ0n) is 9.65. The molecular weight excluding hydrogens is 214 g/mol. The van der Waals surface area contributed by atoms with E-state index in [0.29, 0.717) is 13.0 Å². The molecule has 1 aliphatic heterocycles. The lowest BCUT2D eigenvalue weighted by Crippen LogP contribution is -2.45. The van der Waals surface area contributed by atoms with Gasteiger partial charge in [-0.1, -0.05) is 0 Å². The third kappa shape index (κ3) is 3.69. The number of carbonyl (C=O) groups is 2. The van der Waals surface area contributed by atoms with Gasteiger partial charge < -0.3 is 19.9 Å². The summed E-state index contributed by atoms with van der Waals surface area (Å²) in [7, 11) is 0. The normalized spacial score (nSPS) is 25.2. The van der Waals surface area contributed by atoms with E-state index in [-0.39, 0.29) is 0 Å². The van der Waals surface area contributed by atoms with Crippen LogP contribution in [0.4, 0.5) is 4.79 Å². The molecular formula is C10H17NO5. The minimum Gasteiger partial charge on any atom is -0.479 e. The van der Waals surface area contributed by atoms with Crippen LogP contribution in [0.15, 0.2) is 0 Å². The van der Waals surface area contributed by atoms with Gasteiger partial charge in [0.1, 0.15) is 5.60 Å². The molecule has 6 nitrogen and oxygen atoms in total. The van der Waals surface area contributed by atoms with E-state index in [0.717, 1.165) is 0 Å². The molecule has 0 aromatic rings. The first-order valence-electron chi connectivity index (χ1n) is 5.13. The molecule has 1 saturated heterocycles. The minimum atomic E-state index is -1.07. The molecule has 1 rings (SSSR count). The molecule has 0 radical (unpaired) electrons. The van der Waals surface area contributed by atoms with Crippen molar-refractivity contribution in [3.8, 4) is 0 Å². The van der Waals surface area contributed by atoms with Crippen molar-refractivity contribution in [2.75, 3.05) is 6.61 Å². The minimum absolute atomic E-state index is 0.331. The Morgan fingerprint density at radius 1 is 1.44 bits per heavy atom. The molecule has 2 atom stereocenters. The molecule has 0 spiro atoms. The van der Waals surface area contributed by atoms with E-state index in [9.17, 15) is 9.59 Å². The zero-order chi connectivity index (χ0) is 12.3. The first-order chi connectivity index (χ1) is 7.29. The molecule has 2 N–H and O–H groups in total. The summed E-state index contributed by atoms with van der Waals surface area (Å²) in [4.78, 5) is 22.2. The van der Waals surface area contributed by atoms with Gasteiger partial charge in [-0.2, -0.15) is 0 Å². The van der Waals surface area contributed by atoms with Crippen LogP contribution >= 0.6 is 0 Å². The standard InChI is InChI=1S/C10H17NO5/c1-10(2,3)16-9(14)11-6-4-5-15-7(6)8(12)13/h6-7H,4-5H2,1-3H3,(H,11,14)(H,12,13). The van der Waals surface area contributed by atoms with Crippen molar-refractivity contribution in [1.82, 2.24) is 5.32 Å². The molecule has 1 heterocycles. The van der Waals surface area contributed by atoms with Gasteiger partial charge in [-0.25, -0.2) is 9.59 Å². The third-order valence-electron chi connectivity index (χ3n) is 2.04. The van der Waals surface area contributed by atoms with E-state index in [4.69, 9.17) is 14.6 Å². The lowest BCUT2D eigenvalue weighted by Gasteiger charge is -2.22. The largest absolute Gasteiger partial charge is 0.479 e. The van der Waals surface area contributed by atoms with Crippen molar-refractivity contribution in [2.24, 2.45) is 0 Å². The van der Waals surface area contributed by atoms with E-state index in [1.807, 2.05) is 0 Å². The predicted octanol–water partition coefficient (Wildman–Crippen LogP) is 0.753. The molecule has 16 heavy (non-hydrogen) atoms. The first-order valence-corrected chi connectivity index (χ1v) is 5.13. The fourth-order valence-electron chi connectivity index (χ4n) is 1.44. The number of hydrogen-bond acceptors (Lipinski definition) is 4. The highest BCUT2D eigenvalue weighted by atomic mass is 16.6. The lowest BCUT2D eigenvalue weighted by atomic mass is 10.1. The number of aliphatic carboxylic acids is 1. The van der Waals surface area contributed by atoms with Gasteiger partial charge in [0.15, 0.2) is 6.10 Å². The fraction of sp³-hybridized carbons (Fsp3) is 0.800. The summed E-state index contributed by atoms with van der Waals surface area (Å²) in [6.45, 7) is 5.56. The summed E-state index contributed by atoms with van der Waals surface area (Å²) >= 11 is 0. The van der Waals surface area contributed by atoms with Gasteiger partial charge in [-0.15, -0.1) is 0 Å². The maximum absolute atomic E-state index is 11.4. The first kappa shape index (κ1) is 12.8. The van der Waals surface area contributed by atoms with Crippen LogP contribution in [0.25, 0.3) is 0 Å². The Balaban J connectivity index is 2.47. The highest BCUT2D eigenvalue weighted by Gasteiger charge is 2.36. The maximum Gasteiger partial charge on any atom is 0.407 e. The Morgan fingerprint density at radius 2 is 2.06 bits per heavy atom. The van der Waals surface area contributed by atoms with Gasteiger partial charge in [0.25, 0.3) is 0 Å². The van der Waals surface area contributed by atoms with Gasteiger partial charge >= 0.3 is 12.1 Å². The molecule has 6 heteroatoms. The van der Waals surface area contributed by atoms with Crippen molar-refractivity contribution in [2.45, 2.75) is 44.9 Å². The average Bonchev–Trinajstić information content (AvgIpc) is 2.47. The maximum atomic E-state index is 11.4. The number of amides is 1. The Hall–Kier alpha value is -1.30. The third-order valence-corrected chi connectivity index (χ3v) is 2.04. The van der Waals surface area contributed by atoms with Crippen LogP contribution in [0.1, 0.15) is 27.2 Å². The Labute approximate surface area is 93.9 Å². The van der Waals surface area contributed by atoms with Crippen LogP contribution < -0.4 is 5.32 Å². The summed E-state index contributed by atoms with van der Waals surface area (Å²) in [6.07, 6.45) is -1.11. The summed E-state index contributed by atoms with van der Waals surface area (Å²) in [5.41, 5.74) is -0.595. The number of carboxylic acid groups (broad SMARTS) is 1. The van der Waals surface area contributed by atoms with Crippen molar-refractivity contribution >= 4 is 12.1 Å². The summed E-state index contributed by atoms with van der Waals surface area (Å²) in [5.74, 6) is -1.07. The van der Waals surface area contributed by atoms with Crippen molar-refractivity contribution < 1.29 is 24.2 Å². The van der Waals surface area contributed by atoms with Gasteiger partial charge in [0.05, 0.1) is 6.04 Å². The fourth-order valence-corrected chi connectivity index (χ4v) is 1.44. The van der Waals surface area contributed by atoms with Crippen LogP contribution in [0.3, 0.4) is 0 Å². The molecule has 1 amide bonds. The van der Waals surface area contributed by atoms with Gasteiger partial charge in [0.2, 0.25) is 0 Å². The number of alkyl carbamates (subject to hydrolysis) is 1. The number of carbonyl (C=O) groups excluding carboxylic acids is 1. The Morgan fingerprint density at radius 3 is 2.56 bits per heavy atom. The summed E-state index contributed by atoms with van der Waals surface area (Å²) < 4.78 is 10.0. The highest BCUT2D eigenvalue weighted by molar-refractivity contribution is 5.76. The summed E-state index contributed by atoms with van der Waals surface area (Å²) in [6, 6.07) is -0.521. The molecule has 2 unspecified atom stereocenters. The van der Waals surface area contributed by atoms with Crippen molar-refractivity contribution in [3.63, 3.8) is 0 Å². The second-order valence-corrected chi connectivity index (χ2v) is 4.67. The molecule has 0 bridgehead atoms. The number of rotatable bonds is 2. The van der Waals surface area contributed by atoms with Crippen molar-refractivity contribution in [1.29, 1.82) is 0 Å². The van der Waals surface area contributed by atoms with E-state index < -0.39 is 29.8 Å². The monoisotopic (exact) mass is 231 g/mol. The predicted molar refractivity (Wildman–Crippen MR) is 55.2 cm³/mol. The average molecular weight is 231 g/mol. The second-order valence-electron chi connectivity index (χ2n) is 4.67. The molecule has 0 aromatic carbocycles. The van der Waals surface area contributed by atoms with Crippen LogP contribution in [0, 0.1) is 0 Å². The van der Waals surface area contributed by atoms with Crippen LogP contribution in [-0.2, 0) is 14.3 Å². The smallest absolute Gasteiger partial charge is 0.407 e. The zero-order valence-corrected chi connectivity index (χ0v) is 9.65. The second kappa shape index (κ2) is 4.69. The molecule has 1 fully saturated rings. The van der Waals surface area contributed by atoms with Crippen LogP contribution in [0.2, 0.25) is 0 Å². The van der Waals surface area contributed by atoms with Crippen molar-refractivity contribution in [3.05, 3.63) is 0 Å². The molecule has 1 aliphatic rings. The lowest BCUT2D eigenvalue weighted by molar-refractivity contribution is -0.148. The Kier molecular flexibility index (Phi) is 3.74. The Bertz CT molecular complexity index is 283. The molecule has 0 aliphatic carbocycles. The number of carboxylic acids is 1. The number of ether oxygens (including phenoxy) is 2. The van der Waals surface area contributed by atoms with E-state index in [1.54, 1.807) is 20.8 Å². The van der Waals surface area contributed by atoms with E-state index >= 15 is 0 Å². The number of nitrogens with one attached hydrogen (secondary N) is 1. The SMILES string of the molecule is CC(C)(C)OC(=O)NC1CCOC1C(=O)O. The van der Waals surface area contributed by atoms with Gasteiger partial charge in [-0.3, -0.25) is 0 Å². The highest BCUT2D eigenvalue weighted by Crippen LogP contribution is 2.15. The van der Waals surface area contributed by atoms with Crippen LogP contribution in [-0.4, -0.2) is 41.5 Å². The van der Waals surface area contributed by atoms with E-state index in [1.165, 1.54) is 0 Å². The molecule has 0 aromatic heterocycles. The van der Waals surface area contributed by atoms with Gasteiger partial charge in [0, 0.05) is 6.61 Å². The van der Waals surface area contributed by atoms with Gasteiger partial charge in [-0.05, 0) is 27.2 Å². The topological polar surface area (TPSA) is 84.9 Å². The molecule has 92 valence electrons. The number of hydrogen-bond donors (Lipinski definition) is 2. The quantitative estimate of drug-likeness (QED) is 0.732. The molecule has 0 saturated carbocycles. The summed E-state index contributed by atoms with van der Waals surface area (Å²) in [5, 5.41) is 11.3. The van der Waals surface area contributed by atoms with E-state index in [2.05, 4.69) is 5.32 Å².